The molecule has 0 aromatic heterocycles. The molecule has 1 N–H and O–H groups in total. The number of rotatable bonds is 1. The Balaban J connectivity index is 2.32. The summed E-state index contributed by atoms with van der Waals surface area (Å²) >= 11 is 0. The third kappa shape index (κ3) is 1.82. The molecule has 0 radical (unpaired) electrons. The standard InChI is InChI=1S/C13H16O/c1-10-9-12(7-8-13(10)14)11-5-3-2-4-6-11/h5,7-9,14H,2-4,6H2,1H3. The Morgan fingerprint density at radius 1 is 1.21 bits per heavy atom. The van der Waals surface area contributed by atoms with Gasteiger partial charge in [0.15, 0.2) is 0 Å². The Morgan fingerprint density at radius 2 is 2.07 bits per heavy atom. The maximum atomic E-state index is 9.42. The molecular weight excluding hydrogens is 172 g/mol. The van der Waals surface area contributed by atoms with E-state index >= 15 is 0 Å². The Kier molecular flexibility index (Phi) is 2.58. The number of benzene rings is 1. The van der Waals surface area contributed by atoms with Gasteiger partial charge in [-0.15, -0.1) is 0 Å². The van der Waals surface area contributed by atoms with Crippen LogP contribution in [0.1, 0.15) is 36.8 Å². The predicted molar refractivity (Wildman–Crippen MR) is 59.3 cm³/mol. The van der Waals surface area contributed by atoms with Crippen molar-refractivity contribution in [3.8, 4) is 5.75 Å². The van der Waals surface area contributed by atoms with Crippen molar-refractivity contribution >= 4 is 5.57 Å². The fraction of sp³-hybridized carbons (Fsp3) is 0.385. The summed E-state index contributed by atoms with van der Waals surface area (Å²) in [6.45, 7) is 1.95. The Morgan fingerprint density at radius 3 is 2.71 bits per heavy atom. The van der Waals surface area contributed by atoms with E-state index in [1.165, 1.54) is 36.8 Å². The molecule has 1 heteroatoms. The fourth-order valence-corrected chi connectivity index (χ4v) is 1.96. The van der Waals surface area contributed by atoms with Crippen LogP contribution in [0.5, 0.6) is 5.75 Å². The van der Waals surface area contributed by atoms with Crippen molar-refractivity contribution in [2.24, 2.45) is 0 Å². The van der Waals surface area contributed by atoms with Gasteiger partial charge in [0, 0.05) is 0 Å². The quantitative estimate of drug-likeness (QED) is 0.713. The number of allylic oxidation sites excluding steroid dienone is 2. The van der Waals surface area contributed by atoms with Crippen LogP contribution in [0.25, 0.3) is 5.57 Å². The van der Waals surface area contributed by atoms with Crippen LogP contribution in [0.4, 0.5) is 0 Å². The number of hydrogen-bond donors (Lipinski definition) is 1. The number of hydrogen-bond acceptors (Lipinski definition) is 1. The zero-order valence-electron chi connectivity index (χ0n) is 8.59. The first-order valence-electron chi connectivity index (χ1n) is 5.26. The first-order valence-corrected chi connectivity index (χ1v) is 5.26. The summed E-state index contributed by atoms with van der Waals surface area (Å²) in [6.07, 6.45) is 7.33. The van der Waals surface area contributed by atoms with E-state index in [-0.39, 0.29) is 0 Å². The van der Waals surface area contributed by atoms with Gasteiger partial charge in [-0.2, -0.15) is 0 Å². The molecule has 0 unspecified atom stereocenters. The molecule has 1 aliphatic carbocycles. The topological polar surface area (TPSA) is 20.2 Å². The molecule has 0 heterocycles. The largest absolute Gasteiger partial charge is 0.508 e. The van der Waals surface area contributed by atoms with Gasteiger partial charge in [0.25, 0.3) is 0 Å². The molecule has 14 heavy (non-hydrogen) atoms. The highest BCUT2D eigenvalue weighted by molar-refractivity contribution is 5.67. The Labute approximate surface area is 85.1 Å². The molecule has 1 aliphatic rings. The molecule has 0 bridgehead atoms. The Hall–Kier alpha value is -1.24. The van der Waals surface area contributed by atoms with E-state index in [2.05, 4.69) is 12.1 Å². The summed E-state index contributed by atoms with van der Waals surface area (Å²) in [6, 6.07) is 5.88. The first kappa shape index (κ1) is 9.32. The maximum Gasteiger partial charge on any atom is 0.118 e. The minimum atomic E-state index is 0.394. The second kappa shape index (κ2) is 3.87. The molecule has 0 fully saturated rings. The summed E-state index contributed by atoms with van der Waals surface area (Å²) < 4.78 is 0. The van der Waals surface area contributed by atoms with Crippen molar-refractivity contribution < 1.29 is 5.11 Å². The van der Waals surface area contributed by atoms with E-state index < -0.39 is 0 Å². The molecule has 1 nitrogen and oxygen atoms in total. The summed E-state index contributed by atoms with van der Waals surface area (Å²) in [4.78, 5) is 0. The monoisotopic (exact) mass is 188 g/mol. The number of aromatic hydroxyl groups is 1. The molecule has 74 valence electrons. The van der Waals surface area contributed by atoms with Crippen LogP contribution in [0, 0.1) is 6.92 Å². The van der Waals surface area contributed by atoms with E-state index in [1.807, 2.05) is 13.0 Å². The molecule has 1 aromatic carbocycles. The van der Waals surface area contributed by atoms with E-state index in [0.29, 0.717) is 5.75 Å². The first-order chi connectivity index (χ1) is 6.77. The van der Waals surface area contributed by atoms with Gasteiger partial charge in [0.05, 0.1) is 0 Å². The van der Waals surface area contributed by atoms with Crippen LogP contribution in [0.3, 0.4) is 0 Å². The van der Waals surface area contributed by atoms with Crippen LogP contribution in [0.15, 0.2) is 24.3 Å². The van der Waals surface area contributed by atoms with Crippen molar-refractivity contribution in [3.63, 3.8) is 0 Å². The van der Waals surface area contributed by atoms with Crippen molar-refractivity contribution in [1.29, 1.82) is 0 Å². The van der Waals surface area contributed by atoms with Crippen molar-refractivity contribution in [1.82, 2.24) is 0 Å². The second-order valence-corrected chi connectivity index (χ2v) is 3.98. The van der Waals surface area contributed by atoms with Crippen LogP contribution in [0.2, 0.25) is 0 Å². The van der Waals surface area contributed by atoms with Gasteiger partial charge < -0.3 is 5.11 Å². The third-order valence-electron chi connectivity index (χ3n) is 2.86. The molecule has 0 aliphatic heterocycles. The summed E-state index contributed by atoms with van der Waals surface area (Å²) in [7, 11) is 0. The van der Waals surface area contributed by atoms with E-state index in [4.69, 9.17) is 0 Å². The van der Waals surface area contributed by atoms with Crippen LogP contribution >= 0.6 is 0 Å². The van der Waals surface area contributed by atoms with Crippen molar-refractivity contribution in [2.75, 3.05) is 0 Å². The second-order valence-electron chi connectivity index (χ2n) is 3.98. The van der Waals surface area contributed by atoms with Gasteiger partial charge in [-0.3, -0.25) is 0 Å². The highest BCUT2D eigenvalue weighted by atomic mass is 16.3. The number of phenols is 1. The minimum absolute atomic E-state index is 0.394. The zero-order valence-corrected chi connectivity index (χ0v) is 8.59. The van der Waals surface area contributed by atoms with E-state index in [9.17, 15) is 5.11 Å². The van der Waals surface area contributed by atoms with Crippen molar-refractivity contribution in [2.45, 2.75) is 32.6 Å². The third-order valence-corrected chi connectivity index (χ3v) is 2.86. The molecule has 0 atom stereocenters. The van der Waals surface area contributed by atoms with Crippen molar-refractivity contribution in [3.05, 3.63) is 35.4 Å². The number of phenolic OH excluding ortho intramolecular Hbond substituents is 1. The average Bonchev–Trinajstić information content (AvgIpc) is 2.23. The fourth-order valence-electron chi connectivity index (χ4n) is 1.96. The summed E-state index contributed by atoms with van der Waals surface area (Å²) in [5.41, 5.74) is 3.69. The van der Waals surface area contributed by atoms with Gasteiger partial charge >= 0.3 is 0 Å². The average molecular weight is 188 g/mol. The zero-order chi connectivity index (χ0) is 9.97. The van der Waals surface area contributed by atoms with Gasteiger partial charge in [-0.1, -0.05) is 12.1 Å². The lowest BCUT2D eigenvalue weighted by Gasteiger charge is -2.13. The predicted octanol–water partition coefficient (Wildman–Crippen LogP) is 3.66. The maximum absolute atomic E-state index is 9.42. The van der Waals surface area contributed by atoms with Crippen LogP contribution in [-0.2, 0) is 0 Å². The highest BCUT2D eigenvalue weighted by Crippen LogP contribution is 2.29. The lowest BCUT2D eigenvalue weighted by atomic mass is 9.93. The molecule has 2 rings (SSSR count). The highest BCUT2D eigenvalue weighted by Gasteiger charge is 2.07. The number of aryl methyl sites for hydroxylation is 1. The SMILES string of the molecule is Cc1cc(C2=CCCCC2)ccc1O. The molecular formula is C13H16O. The van der Waals surface area contributed by atoms with Gasteiger partial charge in [0.2, 0.25) is 0 Å². The lowest BCUT2D eigenvalue weighted by molar-refractivity contribution is 0.471. The summed E-state index contributed by atoms with van der Waals surface area (Å²) in [5, 5.41) is 9.42. The lowest BCUT2D eigenvalue weighted by Crippen LogP contribution is -1.92. The van der Waals surface area contributed by atoms with E-state index in [1.54, 1.807) is 6.07 Å². The molecule has 0 amide bonds. The normalized spacial score (nSPS) is 16.5. The molecule has 0 spiro atoms. The van der Waals surface area contributed by atoms with E-state index in [0.717, 1.165) is 5.56 Å². The van der Waals surface area contributed by atoms with Crippen LogP contribution < -0.4 is 0 Å². The van der Waals surface area contributed by atoms with Gasteiger partial charge in [0.1, 0.15) is 5.75 Å². The minimum Gasteiger partial charge on any atom is -0.508 e. The Bertz CT molecular complexity index is 363. The van der Waals surface area contributed by atoms with Gasteiger partial charge in [-0.25, -0.2) is 0 Å². The molecule has 0 saturated heterocycles. The molecule has 1 aromatic rings. The van der Waals surface area contributed by atoms with Crippen LogP contribution in [-0.4, -0.2) is 5.11 Å². The smallest absolute Gasteiger partial charge is 0.118 e. The summed E-state index contributed by atoms with van der Waals surface area (Å²) in [5.74, 6) is 0.394. The molecule has 0 saturated carbocycles. The van der Waals surface area contributed by atoms with Gasteiger partial charge in [-0.05, 0) is 61.4 Å².